The topological polar surface area (TPSA) is 57.6 Å². The van der Waals surface area contributed by atoms with Crippen LogP contribution in [0.2, 0.25) is 0 Å². The summed E-state index contributed by atoms with van der Waals surface area (Å²) in [5, 5.41) is 8.59. The highest BCUT2D eigenvalue weighted by molar-refractivity contribution is 5.77. The lowest BCUT2D eigenvalue weighted by atomic mass is 9.95. The van der Waals surface area contributed by atoms with Gasteiger partial charge in [0.15, 0.2) is 0 Å². The van der Waals surface area contributed by atoms with Crippen LogP contribution >= 0.6 is 0 Å². The molecule has 17 heavy (non-hydrogen) atoms. The van der Waals surface area contributed by atoms with Gasteiger partial charge < -0.3 is 10.0 Å². The number of unbranched alkanes of at least 4 members (excludes halogenated alkanes) is 4. The highest BCUT2D eigenvalue weighted by Gasteiger charge is 2.31. The number of carboxylic acid groups (broad SMARTS) is 1. The number of nitrogens with zero attached hydrogens (tertiary/aromatic N) is 1. The summed E-state index contributed by atoms with van der Waals surface area (Å²) in [5.74, 6) is -0.388. The van der Waals surface area contributed by atoms with Gasteiger partial charge in [0.2, 0.25) is 5.91 Å². The molecule has 0 aromatic rings. The number of likely N-dealkylation sites (tertiary alicyclic amines) is 1. The summed E-state index contributed by atoms with van der Waals surface area (Å²) >= 11 is 0. The van der Waals surface area contributed by atoms with E-state index in [9.17, 15) is 9.59 Å². The van der Waals surface area contributed by atoms with E-state index >= 15 is 0 Å². The Hall–Kier alpha value is -1.06. The molecule has 0 radical (unpaired) electrons. The fraction of sp³-hybridized carbons (Fsp3) is 0.846. The van der Waals surface area contributed by atoms with Gasteiger partial charge in [0.1, 0.15) is 0 Å². The SMILES string of the molecule is CCCCCCCC(=O)N1CC(CC(=O)O)C1. The fourth-order valence-electron chi connectivity index (χ4n) is 2.19. The summed E-state index contributed by atoms with van der Waals surface area (Å²) in [6.07, 6.45) is 6.61. The average Bonchev–Trinajstić information content (AvgIpc) is 2.22. The normalized spacial score (nSPS) is 15.7. The first-order valence-electron chi connectivity index (χ1n) is 6.63. The molecular weight excluding hydrogens is 218 g/mol. The summed E-state index contributed by atoms with van der Waals surface area (Å²) < 4.78 is 0. The first-order valence-corrected chi connectivity index (χ1v) is 6.63. The second kappa shape index (κ2) is 7.30. The van der Waals surface area contributed by atoms with Crippen LogP contribution in [0.4, 0.5) is 0 Å². The van der Waals surface area contributed by atoms with Crippen LogP contribution in [-0.4, -0.2) is 35.0 Å². The maximum Gasteiger partial charge on any atom is 0.303 e. The fourth-order valence-corrected chi connectivity index (χ4v) is 2.19. The van der Waals surface area contributed by atoms with Gasteiger partial charge in [0, 0.05) is 25.4 Å². The van der Waals surface area contributed by atoms with E-state index in [-0.39, 0.29) is 18.2 Å². The Bertz CT molecular complexity index is 259. The van der Waals surface area contributed by atoms with Crippen molar-refractivity contribution < 1.29 is 14.7 Å². The van der Waals surface area contributed by atoms with E-state index < -0.39 is 5.97 Å². The molecule has 0 atom stereocenters. The third-order valence-electron chi connectivity index (χ3n) is 3.27. The first kappa shape index (κ1) is 14.0. The minimum atomic E-state index is -0.762. The Morgan fingerprint density at radius 3 is 2.41 bits per heavy atom. The molecule has 4 heteroatoms. The molecule has 0 aliphatic carbocycles. The number of carboxylic acids is 1. The van der Waals surface area contributed by atoms with Crippen molar-refractivity contribution in [2.45, 2.75) is 51.9 Å². The molecule has 0 aromatic carbocycles. The molecule has 0 unspecified atom stereocenters. The van der Waals surface area contributed by atoms with Crippen molar-refractivity contribution in [2.75, 3.05) is 13.1 Å². The van der Waals surface area contributed by atoms with Gasteiger partial charge in [0.25, 0.3) is 0 Å². The highest BCUT2D eigenvalue weighted by Crippen LogP contribution is 2.20. The van der Waals surface area contributed by atoms with E-state index in [2.05, 4.69) is 6.92 Å². The highest BCUT2D eigenvalue weighted by atomic mass is 16.4. The molecule has 0 spiro atoms. The lowest BCUT2D eigenvalue weighted by molar-refractivity contribution is -0.145. The van der Waals surface area contributed by atoms with Crippen molar-refractivity contribution in [3.63, 3.8) is 0 Å². The molecule has 1 aliphatic heterocycles. The Morgan fingerprint density at radius 2 is 1.82 bits per heavy atom. The predicted octanol–water partition coefficient (Wildman–Crippen LogP) is 2.28. The third-order valence-corrected chi connectivity index (χ3v) is 3.27. The van der Waals surface area contributed by atoms with E-state index in [4.69, 9.17) is 5.11 Å². The van der Waals surface area contributed by atoms with E-state index in [1.165, 1.54) is 19.3 Å². The minimum absolute atomic E-state index is 0.177. The molecule has 0 aromatic heterocycles. The van der Waals surface area contributed by atoms with Crippen LogP contribution in [0.1, 0.15) is 51.9 Å². The van der Waals surface area contributed by atoms with Crippen molar-refractivity contribution in [3.05, 3.63) is 0 Å². The zero-order valence-electron chi connectivity index (χ0n) is 10.7. The van der Waals surface area contributed by atoms with Crippen LogP contribution < -0.4 is 0 Å². The molecule has 1 N–H and O–H groups in total. The Labute approximate surface area is 103 Å². The summed E-state index contributed by atoms with van der Waals surface area (Å²) in [7, 11) is 0. The van der Waals surface area contributed by atoms with Crippen molar-refractivity contribution >= 4 is 11.9 Å². The molecule has 1 saturated heterocycles. The molecule has 1 heterocycles. The van der Waals surface area contributed by atoms with Crippen LogP contribution in [0.5, 0.6) is 0 Å². The van der Waals surface area contributed by atoms with Gasteiger partial charge in [-0.1, -0.05) is 32.6 Å². The number of amides is 1. The zero-order chi connectivity index (χ0) is 12.7. The van der Waals surface area contributed by atoms with E-state index in [0.717, 1.165) is 12.8 Å². The van der Waals surface area contributed by atoms with Crippen LogP contribution in [-0.2, 0) is 9.59 Å². The van der Waals surface area contributed by atoms with Gasteiger partial charge in [-0.15, -0.1) is 0 Å². The van der Waals surface area contributed by atoms with E-state index in [1.54, 1.807) is 4.90 Å². The number of aliphatic carboxylic acids is 1. The lowest BCUT2D eigenvalue weighted by Crippen LogP contribution is -2.50. The number of carbonyl (C=O) groups is 2. The van der Waals surface area contributed by atoms with Gasteiger partial charge in [-0.3, -0.25) is 9.59 Å². The standard InChI is InChI=1S/C13H23NO3/c1-2-3-4-5-6-7-12(15)14-9-11(10-14)8-13(16)17/h11H,2-10H2,1H3,(H,16,17). The Morgan fingerprint density at radius 1 is 1.18 bits per heavy atom. The van der Waals surface area contributed by atoms with Crippen LogP contribution in [0.25, 0.3) is 0 Å². The van der Waals surface area contributed by atoms with Gasteiger partial charge in [0.05, 0.1) is 6.42 Å². The summed E-state index contributed by atoms with van der Waals surface area (Å²) in [6, 6.07) is 0. The molecular formula is C13H23NO3. The van der Waals surface area contributed by atoms with Crippen molar-refractivity contribution in [3.8, 4) is 0 Å². The first-order chi connectivity index (χ1) is 8.13. The number of rotatable bonds is 8. The molecule has 0 saturated carbocycles. The molecule has 0 bridgehead atoms. The van der Waals surface area contributed by atoms with Crippen LogP contribution in [0.3, 0.4) is 0 Å². The minimum Gasteiger partial charge on any atom is -0.481 e. The van der Waals surface area contributed by atoms with Gasteiger partial charge in [-0.05, 0) is 6.42 Å². The quantitative estimate of drug-likeness (QED) is 0.663. The van der Waals surface area contributed by atoms with Gasteiger partial charge in [-0.25, -0.2) is 0 Å². The Kier molecular flexibility index (Phi) is 6.01. The average molecular weight is 241 g/mol. The number of carbonyl (C=O) groups excluding carboxylic acids is 1. The number of hydrogen-bond donors (Lipinski definition) is 1. The summed E-state index contributed by atoms with van der Waals surface area (Å²) in [5.41, 5.74) is 0. The molecule has 98 valence electrons. The van der Waals surface area contributed by atoms with Gasteiger partial charge >= 0.3 is 5.97 Å². The van der Waals surface area contributed by atoms with Crippen molar-refractivity contribution in [1.29, 1.82) is 0 Å². The molecule has 1 rings (SSSR count). The molecule has 1 amide bonds. The second-order valence-electron chi connectivity index (χ2n) is 4.93. The Balaban J connectivity index is 2.01. The number of hydrogen-bond acceptors (Lipinski definition) is 2. The molecule has 4 nitrogen and oxygen atoms in total. The molecule has 1 aliphatic rings. The van der Waals surface area contributed by atoms with E-state index in [0.29, 0.717) is 19.5 Å². The van der Waals surface area contributed by atoms with Crippen molar-refractivity contribution in [1.82, 2.24) is 4.90 Å². The lowest BCUT2D eigenvalue weighted by Gasteiger charge is -2.38. The van der Waals surface area contributed by atoms with Crippen LogP contribution in [0, 0.1) is 5.92 Å². The van der Waals surface area contributed by atoms with Gasteiger partial charge in [-0.2, -0.15) is 0 Å². The van der Waals surface area contributed by atoms with Crippen LogP contribution in [0.15, 0.2) is 0 Å². The smallest absolute Gasteiger partial charge is 0.303 e. The summed E-state index contributed by atoms with van der Waals surface area (Å²) in [4.78, 5) is 23.9. The maximum atomic E-state index is 11.7. The van der Waals surface area contributed by atoms with E-state index in [1.807, 2.05) is 0 Å². The largest absolute Gasteiger partial charge is 0.481 e. The van der Waals surface area contributed by atoms with Crippen molar-refractivity contribution in [2.24, 2.45) is 5.92 Å². The monoisotopic (exact) mass is 241 g/mol. The third kappa shape index (κ3) is 5.20. The molecule has 1 fully saturated rings. The zero-order valence-corrected chi connectivity index (χ0v) is 10.7. The predicted molar refractivity (Wildman–Crippen MR) is 65.7 cm³/mol. The maximum absolute atomic E-state index is 11.7. The second-order valence-corrected chi connectivity index (χ2v) is 4.93. The summed E-state index contributed by atoms with van der Waals surface area (Å²) in [6.45, 7) is 3.45.